The molecule has 0 aliphatic carbocycles. The molecule has 2 N–H and O–H groups in total. The Kier molecular flexibility index (Phi) is 3.73. The van der Waals surface area contributed by atoms with Crippen LogP contribution in [-0.2, 0) is 4.28 Å². The zero-order valence-corrected chi connectivity index (χ0v) is 10.5. The smallest absolute Gasteiger partial charge is 0.141 e. The Morgan fingerprint density at radius 2 is 1.94 bits per heavy atom. The monoisotopic (exact) mass is 250 g/mol. The standard InChI is InChI=1S/C12H14N2O2S/c1-14(2)17-16-13-12-10-6-4-3-5-9(10)7-8-11(12)15/h3-8,13,15H,1-2H3. The van der Waals surface area contributed by atoms with Gasteiger partial charge in [0.25, 0.3) is 0 Å². The third-order valence-corrected chi connectivity index (χ3v) is 2.69. The minimum Gasteiger partial charge on any atom is -0.506 e. The fraction of sp³-hybridized carbons (Fsp3) is 0.167. The second-order valence-electron chi connectivity index (χ2n) is 3.75. The molecule has 2 rings (SSSR count). The van der Waals surface area contributed by atoms with Crippen molar-refractivity contribution in [1.82, 2.24) is 4.31 Å². The number of hydrogen-bond donors (Lipinski definition) is 2. The van der Waals surface area contributed by atoms with Crippen molar-refractivity contribution in [2.45, 2.75) is 0 Å². The SMILES string of the molecule is CN(C)SONc1c(O)ccc2ccccc12. The van der Waals surface area contributed by atoms with Gasteiger partial charge in [-0.05, 0) is 25.5 Å². The van der Waals surface area contributed by atoms with E-state index >= 15 is 0 Å². The number of nitrogens with zero attached hydrogens (tertiary/aromatic N) is 1. The first-order valence-corrected chi connectivity index (χ1v) is 5.86. The molecule has 0 atom stereocenters. The van der Waals surface area contributed by atoms with Gasteiger partial charge >= 0.3 is 0 Å². The average Bonchev–Trinajstić information content (AvgIpc) is 2.32. The zero-order valence-electron chi connectivity index (χ0n) is 9.68. The van der Waals surface area contributed by atoms with Crippen LogP contribution in [0.15, 0.2) is 36.4 Å². The highest BCUT2D eigenvalue weighted by molar-refractivity contribution is 7.92. The first kappa shape index (κ1) is 12.0. The van der Waals surface area contributed by atoms with Crippen molar-refractivity contribution in [3.05, 3.63) is 36.4 Å². The minimum atomic E-state index is 0.169. The summed E-state index contributed by atoms with van der Waals surface area (Å²) < 4.78 is 7.00. The summed E-state index contributed by atoms with van der Waals surface area (Å²) >= 11 is 1.15. The van der Waals surface area contributed by atoms with E-state index in [0.29, 0.717) is 5.69 Å². The van der Waals surface area contributed by atoms with E-state index in [-0.39, 0.29) is 5.75 Å². The van der Waals surface area contributed by atoms with Gasteiger partial charge in [-0.1, -0.05) is 30.3 Å². The molecule has 0 saturated heterocycles. The second kappa shape index (κ2) is 5.27. The predicted octanol–water partition coefficient (Wildman–Crippen LogP) is 3.01. The molecule has 2 aromatic carbocycles. The van der Waals surface area contributed by atoms with Gasteiger partial charge in [-0.25, -0.2) is 9.79 Å². The van der Waals surface area contributed by atoms with Crippen molar-refractivity contribution in [2.24, 2.45) is 0 Å². The van der Waals surface area contributed by atoms with Crippen LogP contribution in [0.2, 0.25) is 0 Å². The summed E-state index contributed by atoms with van der Waals surface area (Å²) in [5.41, 5.74) is 3.34. The van der Waals surface area contributed by atoms with Gasteiger partial charge in [0.05, 0.1) is 0 Å². The van der Waals surface area contributed by atoms with Crippen LogP contribution in [0, 0.1) is 0 Å². The lowest BCUT2D eigenvalue weighted by Gasteiger charge is -2.12. The van der Waals surface area contributed by atoms with Gasteiger partial charge in [0.1, 0.15) is 23.7 Å². The fourth-order valence-electron chi connectivity index (χ4n) is 1.50. The number of rotatable bonds is 4. The van der Waals surface area contributed by atoms with Gasteiger partial charge in [-0.3, -0.25) is 0 Å². The van der Waals surface area contributed by atoms with Gasteiger partial charge < -0.3 is 5.11 Å². The van der Waals surface area contributed by atoms with E-state index in [2.05, 4.69) is 5.48 Å². The Bertz CT molecular complexity index is 517. The normalized spacial score (nSPS) is 11.0. The summed E-state index contributed by atoms with van der Waals surface area (Å²) in [5.74, 6) is 0.169. The molecule has 0 saturated carbocycles. The van der Waals surface area contributed by atoms with Gasteiger partial charge in [0.2, 0.25) is 0 Å². The summed E-state index contributed by atoms with van der Waals surface area (Å²) in [7, 11) is 3.74. The summed E-state index contributed by atoms with van der Waals surface area (Å²) in [4.78, 5) is 0. The Morgan fingerprint density at radius 3 is 2.71 bits per heavy atom. The molecule has 0 aliphatic rings. The zero-order chi connectivity index (χ0) is 12.3. The van der Waals surface area contributed by atoms with Crippen LogP contribution in [-0.4, -0.2) is 23.5 Å². The Balaban J connectivity index is 2.28. The van der Waals surface area contributed by atoms with Crippen LogP contribution < -0.4 is 5.48 Å². The van der Waals surface area contributed by atoms with E-state index < -0.39 is 0 Å². The lowest BCUT2D eigenvalue weighted by atomic mass is 10.1. The molecule has 0 radical (unpaired) electrons. The number of fused-ring (bicyclic) bond motifs is 1. The summed E-state index contributed by atoms with van der Waals surface area (Å²) in [5, 5.41) is 11.8. The van der Waals surface area contributed by atoms with Crippen molar-refractivity contribution in [3.63, 3.8) is 0 Å². The van der Waals surface area contributed by atoms with Crippen LogP contribution in [0.1, 0.15) is 0 Å². The Hall–Kier alpha value is -1.43. The van der Waals surface area contributed by atoms with E-state index in [1.54, 1.807) is 10.4 Å². The maximum absolute atomic E-state index is 9.81. The lowest BCUT2D eigenvalue weighted by Crippen LogP contribution is -2.04. The predicted molar refractivity (Wildman–Crippen MR) is 71.6 cm³/mol. The van der Waals surface area contributed by atoms with E-state index in [0.717, 1.165) is 23.0 Å². The summed E-state index contributed by atoms with van der Waals surface area (Å²) in [6.07, 6.45) is 0. The number of phenols is 1. The molecule has 0 aromatic heterocycles. The maximum atomic E-state index is 9.81. The molecule has 4 nitrogen and oxygen atoms in total. The molecule has 0 heterocycles. The molecular weight excluding hydrogens is 236 g/mol. The summed E-state index contributed by atoms with van der Waals surface area (Å²) in [6, 6.07) is 11.3. The lowest BCUT2D eigenvalue weighted by molar-refractivity contribution is 0.432. The van der Waals surface area contributed by atoms with Gasteiger partial charge in [-0.15, -0.1) is 0 Å². The van der Waals surface area contributed by atoms with Crippen LogP contribution in [0.4, 0.5) is 5.69 Å². The van der Waals surface area contributed by atoms with Crippen LogP contribution in [0.5, 0.6) is 5.75 Å². The molecule has 90 valence electrons. The Morgan fingerprint density at radius 1 is 1.18 bits per heavy atom. The molecule has 2 aromatic rings. The first-order valence-electron chi connectivity index (χ1n) is 5.16. The molecule has 0 fully saturated rings. The third kappa shape index (κ3) is 2.82. The van der Waals surface area contributed by atoms with E-state index in [4.69, 9.17) is 4.28 Å². The van der Waals surface area contributed by atoms with Crippen LogP contribution in [0.25, 0.3) is 10.8 Å². The number of anilines is 1. The summed E-state index contributed by atoms with van der Waals surface area (Å²) in [6.45, 7) is 0. The van der Waals surface area contributed by atoms with Gasteiger partial charge in [-0.2, -0.15) is 4.28 Å². The quantitative estimate of drug-likeness (QED) is 0.378. The molecule has 0 spiro atoms. The molecule has 17 heavy (non-hydrogen) atoms. The van der Waals surface area contributed by atoms with Crippen LogP contribution >= 0.6 is 12.2 Å². The Labute approximate surface area is 104 Å². The van der Waals surface area contributed by atoms with E-state index in [1.807, 2.05) is 44.4 Å². The molecule has 0 aliphatic heterocycles. The number of hydrogen-bond acceptors (Lipinski definition) is 5. The van der Waals surface area contributed by atoms with Gasteiger partial charge in [0.15, 0.2) is 0 Å². The fourth-order valence-corrected chi connectivity index (χ4v) is 1.77. The number of nitrogens with one attached hydrogen (secondary N) is 1. The highest BCUT2D eigenvalue weighted by Gasteiger charge is 2.06. The van der Waals surface area contributed by atoms with E-state index in [1.165, 1.54) is 0 Å². The van der Waals surface area contributed by atoms with Crippen molar-refractivity contribution in [3.8, 4) is 5.75 Å². The maximum Gasteiger partial charge on any atom is 0.141 e. The average molecular weight is 250 g/mol. The van der Waals surface area contributed by atoms with Crippen LogP contribution in [0.3, 0.4) is 0 Å². The van der Waals surface area contributed by atoms with Crippen molar-refractivity contribution in [1.29, 1.82) is 0 Å². The third-order valence-electron chi connectivity index (χ3n) is 2.24. The van der Waals surface area contributed by atoms with Crippen molar-refractivity contribution >= 4 is 28.7 Å². The minimum absolute atomic E-state index is 0.169. The molecule has 5 heteroatoms. The molecule has 0 bridgehead atoms. The topological polar surface area (TPSA) is 44.7 Å². The molecular formula is C12H14N2O2S. The van der Waals surface area contributed by atoms with E-state index in [9.17, 15) is 5.11 Å². The molecule has 0 unspecified atom stereocenters. The second-order valence-corrected chi connectivity index (χ2v) is 4.80. The highest BCUT2D eigenvalue weighted by Crippen LogP contribution is 2.32. The molecule has 0 amide bonds. The number of phenolic OH excluding ortho intramolecular Hbond substituents is 1. The largest absolute Gasteiger partial charge is 0.506 e. The van der Waals surface area contributed by atoms with Gasteiger partial charge in [0, 0.05) is 5.39 Å². The van der Waals surface area contributed by atoms with Crippen molar-refractivity contribution in [2.75, 3.05) is 19.6 Å². The van der Waals surface area contributed by atoms with Crippen molar-refractivity contribution < 1.29 is 9.39 Å². The number of benzene rings is 2. The number of aromatic hydroxyl groups is 1. The highest BCUT2D eigenvalue weighted by atomic mass is 32.2. The first-order chi connectivity index (χ1) is 8.18.